The summed E-state index contributed by atoms with van der Waals surface area (Å²) in [4.78, 5) is 12.2. The van der Waals surface area contributed by atoms with Crippen molar-refractivity contribution in [3.8, 4) is 0 Å². The molecule has 0 fully saturated rings. The Labute approximate surface area is 94.0 Å². The van der Waals surface area contributed by atoms with Crippen molar-refractivity contribution in [1.29, 1.82) is 0 Å². The number of nitrogens with two attached hydrogens (primary N) is 1. The van der Waals surface area contributed by atoms with E-state index in [1.54, 1.807) is 11.8 Å². The van der Waals surface area contributed by atoms with Crippen LogP contribution < -0.4 is 5.73 Å². The van der Waals surface area contributed by atoms with Gasteiger partial charge in [0.2, 0.25) is 0 Å². The first-order valence-corrected chi connectivity index (χ1v) is 5.69. The summed E-state index contributed by atoms with van der Waals surface area (Å²) < 4.78 is 4.65. The highest BCUT2D eigenvalue weighted by Crippen LogP contribution is 2.26. The molecular formula is C11H15NO2S. The molecule has 0 aliphatic rings. The highest BCUT2D eigenvalue weighted by atomic mass is 32.2. The van der Waals surface area contributed by atoms with Crippen molar-refractivity contribution < 1.29 is 9.53 Å². The average molecular weight is 225 g/mol. The zero-order valence-corrected chi connectivity index (χ0v) is 9.71. The molecular weight excluding hydrogens is 210 g/mol. The molecule has 1 aromatic carbocycles. The molecule has 3 nitrogen and oxygen atoms in total. The van der Waals surface area contributed by atoms with Gasteiger partial charge in [0.05, 0.1) is 13.0 Å². The van der Waals surface area contributed by atoms with Crippen LogP contribution in [0.4, 0.5) is 5.69 Å². The van der Waals surface area contributed by atoms with Gasteiger partial charge in [0, 0.05) is 16.3 Å². The van der Waals surface area contributed by atoms with Gasteiger partial charge in [0.1, 0.15) is 0 Å². The number of hydrogen-bond acceptors (Lipinski definition) is 4. The minimum absolute atomic E-state index is 0.111. The number of benzene rings is 1. The lowest BCUT2D eigenvalue weighted by Crippen LogP contribution is -2.14. The van der Waals surface area contributed by atoms with E-state index in [4.69, 9.17) is 5.73 Å². The van der Waals surface area contributed by atoms with Gasteiger partial charge in [0.15, 0.2) is 0 Å². The molecule has 4 heteroatoms. The molecule has 0 amide bonds. The van der Waals surface area contributed by atoms with Crippen molar-refractivity contribution in [2.24, 2.45) is 5.92 Å². The Morgan fingerprint density at radius 1 is 1.53 bits per heavy atom. The molecule has 0 saturated heterocycles. The zero-order valence-electron chi connectivity index (χ0n) is 8.90. The SMILES string of the molecule is COC(=O)C(C)CSc1ccccc1N. The Kier molecular flexibility index (Phi) is 4.49. The number of rotatable bonds is 4. The molecule has 1 rings (SSSR count). The number of carbonyl (C=O) groups excluding carboxylic acids is 1. The number of carbonyl (C=O) groups is 1. The summed E-state index contributed by atoms with van der Waals surface area (Å²) >= 11 is 1.57. The molecule has 1 atom stereocenters. The molecule has 15 heavy (non-hydrogen) atoms. The van der Waals surface area contributed by atoms with Crippen LogP contribution in [0.15, 0.2) is 29.2 Å². The molecule has 0 spiro atoms. The van der Waals surface area contributed by atoms with Gasteiger partial charge < -0.3 is 10.5 Å². The van der Waals surface area contributed by atoms with Gasteiger partial charge in [-0.05, 0) is 12.1 Å². The average Bonchev–Trinajstić information content (AvgIpc) is 2.26. The van der Waals surface area contributed by atoms with Crippen LogP contribution >= 0.6 is 11.8 Å². The van der Waals surface area contributed by atoms with E-state index in [0.29, 0.717) is 5.75 Å². The van der Waals surface area contributed by atoms with Crippen LogP contribution in [0.1, 0.15) is 6.92 Å². The first kappa shape index (κ1) is 11.9. The van der Waals surface area contributed by atoms with E-state index in [1.165, 1.54) is 7.11 Å². The fourth-order valence-electron chi connectivity index (χ4n) is 1.10. The summed E-state index contributed by atoms with van der Waals surface area (Å²) in [5.41, 5.74) is 6.53. The summed E-state index contributed by atoms with van der Waals surface area (Å²) in [7, 11) is 1.40. The number of anilines is 1. The second kappa shape index (κ2) is 5.66. The molecule has 0 aromatic heterocycles. The van der Waals surface area contributed by atoms with Gasteiger partial charge in [-0.1, -0.05) is 19.1 Å². The third-order valence-corrected chi connectivity index (χ3v) is 3.36. The molecule has 2 N–H and O–H groups in total. The fourth-order valence-corrected chi connectivity index (χ4v) is 2.07. The Hall–Kier alpha value is -1.16. The van der Waals surface area contributed by atoms with E-state index in [9.17, 15) is 4.79 Å². The third kappa shape index (κ3) is 3.47. The predicted octanol–water partition coefficient (Wildman–Crippen LogP) is 2.17. The smallest absolute Gasteiger partial charge is 0.309 e. The minimum atomic E-state index is -0.183. The van der Waals surface area contributed by atoms with Gasteiger partial charge in [-0.2, -0.15) is 0 Å². The Bertz CT molecular complexity index is 341. The molecule has 0 aliphatic carbocycles. The largest absolute Gasteiger partial charge is 0.469 e. The van der Waals surface area contributed by atoms with E-state index >= 15 is 0 Å². The summed E-state index contributed by atoms with van der Waals surface area (Å²) in [6.45, 7) is 1.85. The summed E-state index contributed by atoms with van der Waals surface area (Å²) in [5, 5.41) is 0. The molecule has 0 heterocycles. The normalized spacial score (nSPS) is 12.1. The van der Waals surface area contributed by atoms with Crippen molar-refractivity contribution in [2.45, 2.75) is 11.8 Å². The number of methoxy groups -OCH3 is 1. The van der Waals surface area contributed by atoms with Crippen LogP contribution in [0, 0.1) is 5.92 Å². The van der Waals surface area contributed by atoms with E-state index < -0.39 is 0 Å². The first-order valence-electron chi connectivity index (χ1n) is 4.70. The van der Waals surface area contributed by atoms with E-state index in [2.05, 4.69) is 4.74 Å². The second-order valence-corrected chi connectivity index (χ2v) is 4.33. The molecule has 1 unspecified atom stereocenters. The summed E-state index contributed by atoms with van der Waals surface area (Å²) in [5.74, 6) is 0.387. The summed E-state index contributed by atoms with van der Waals surface area (Å²) in [6.07, 6.45) is 0. The lowest BCUT2D eigenvalue weighted by molar-refractivity contribution is -0.143. The lowest BCUT2D eigenvalue weighted by Gasteiger charge is -2.09. The molecule has 0 radical (unpaired) electrons. The fraction of sp³-hybridized carbons (Fsp3) is 0.364. The molecule has 0 bridgehead atoms. The molecule has 82 valence electrons. The second-order valence-electron chi connectivity index (χ2n) is 3.27. The van der Waals surface area contributed by atoms with E-state index in [1.807, 2.05) is 31.2 Å². The van der Waals surface area contributed by atoms with Crippen LogP contribution in [0.3, 0.4) is 0 Å². The maximum Gasteiger partial charge on any atom is 0.309 e. The van der Waals surface area contributed by atoms with Gasteiger partial charge >= 0.3 is 5.97 Å². The van der Waals surface area contributed by atoms with Crippen LogP contribution in [-0.4, -0.2) is 18.8 Å². The van der Waals surface area contributed by atoms with Crippen molar-refractivity contribution >= 4 is 23.4 Å². The maximum atomic E-state index is 11.2. The monoisotopic (exact) mass is 225 g/mol. The number of ether oxygens (including phenoxy) is 1. The topological polar surface area (TPSA) is 52.3 Å². The van der Waals surface area contributed by atoms with Crippen LogP contribution in [0.5, 0.6) is 0 Å². The number of para-hydroxylation sites is 1. The maximum absolute atomic E-state index is 11.2. The Morgan fingerprint density at radius 3 is 2.80 bits per heavy atom. The number of esters is 1. The van der Waals surface area contributed by atoms with Gasteiger partial charge in [-0.25, -0.2) is 0 Å². The number of thioether (sulfide) groups is 1. The van der Waals surface area contributed by atoms with E-state index in [0.717, 1.165) is 10.6 Å². The van der Waals surface area contributed by atoms with Crippen LogP contribution in [0.25, 0.3) is 0 Å². The standard InChI is InChI=1S/C11H15NO2S/c1-8(11(13)14-2)7-15-10-6-4-3-5-9(10)12/h3-6,8H,7,12H2,1-2H3. The van der Waals surface area contributed by atoms with Gasteiger partial charge in [0.25, 0.3) is 0 Å². The van der Waals surface area contributed by atoms with Gasteiger partial charge in [-0.15, -0.1) is 11.8 Å². The van der Waals surface area contributed by atoms with Crippen molar-refractivity contribution in [3.63, 3.8) is 0 Å². The number of nitrogen functional groups attached to an aromatic ring is 1. The predicted molar refractivity (Wildman–Crippen MR) is 62.8 cm³/mol. The highest BCUT2D eigenvalue weighted by molar-refractivity contribution is 7.99. The Morgan fingerprint density at radius 2 is 2.20 bits per heavy atom. The van der Waals surface area contributed by atoms with Crippen LogP contribution in [0.2, 0.25) is 0 Å². The number of hydrogen-bond donors (Lipinski definition) is 1. The zero-order chi connectivity index (χ0) is 11.3. The van der Waals surface area contributed by atoms with E-state index in [-0.39, 0.29) is 11.9 Å². The third-order valence-electron chi connectivity index (χ3n) is 2.01. The molecule has 0 saturated carbocycles. The van der Waals surface area contributed by atoms with Gasteiger partial charge in [-0.3, -0.25) is 4.79 Å². The van der Waals surface area contributed by atoms with Crippen LogP contribution in [-0.2, 0) is 9.53 Å². The minimum Gasteiger partial charge on any atom is -0.469 e. The highest BCUT2D eigenvalue weighted by Gasteiger charge is 2.13. The first-order chi connectivity index (χ1) is 7.15. The summed E-state index contributed by atoms with van der Waals surface area (Å²) in [6, 6.07) is 7.62. The quantitative estimate of drug-likeness (QED) is 0.485. The molecule has 0 aliphatic heterocycles. The molecule has 1 aromatic rings. The van der Waals surface area contributed by atoms with Crippen molar-refractivity contribution in [1.82, 2.24) is 0 Å². The lowest BCUT2D eigenvalue weighted by atomic mass is 10.2. The van der Waals surface area contributed by atoms with Crippen molar-refractivity contribution in [2.75, 3.05) is 18.6 Å². The van der Waals surface area contributed by atoms with Crippen molar-refractivity contribution in [3.05, 3.63) is 24.3 Å². The Balaban J connectivity index is 2.50.